The standard InChI is InChI=1S/C24H19NO3/c1-16-7-5-6-10-21(16)25-14-20-22(27-15-25)12-11-18-19(13-23(26)28-24(18)20)17-8-3-2-4-9-17/h2-13H,14-15H2,1H3. The van der Waals surface area contributed by atoms with Gasteiger partial charge in [-0.1, -0.05) is 48.5 Å². The first-order valence-electron chi connectivity index (χ1n) is 9.29. The van der Waals surface area contributed by atoms with E-state index in [4.69, 9.17) is 9.15 Å². The first-order valence-corrected chi connectivity index (χ1v) is 9.29. The van der Waals surface area contributed by atoms with Gasteiger partial charge in [0.05, 0.1) is 12.1 Å². The van der Waals surface area contributed by atoms with Gasteiger partial charge in [-0.15, -0.1) is 0 Å². The highest BCUT2D eigenvalue weighted by atomic mass is 16.5. The van der Waals surface area contributed by atoms with Gasteiger partial charge in [-0.05, 0) is 41.8 Å². The maximum absolute atomic E-state index is 12.3. The van der Waals surface area contributed by atoms with Gasteiger partial charge in [-0.25, -0.2) is 4.79 Å². The molecule has 138 valence electrons. The van der Waals surface area contributed by atoms with Crippen LogP contribution in [0, 0.1) is 6.92 Å². The summed E-state index contributed by atoms with van der Waals surface area (Å²) in [6, 6.07) is 23.6. The molecule has 5 rings (SSSR count). The molecular weight excluding hydrogens is 350 g/mol. The normalized spacial score (nSPS) is 13.2. The number of anilines is 1. The van der Waals surface area contributed by atoms with Crippen molar-refractivity contribution in [1.82, 2.24) is 0 Å². The molecule has 0 saturated heterocycles. The van der Waals surface area contributed by atoms with E-state index in [1.54, 1.807) is 6.07 Å². The number of hydrogen-bond donors (Lipinski definition) is 0. The van der Waals surface area contributed by atoms with Crippen LogP contribution in [0.1, 0.15) is 11.1 Å². The summed E-state index contributed by atoms with van der Waals surface area (Å²) >= 11 is 0. The zero-order chi connectivity index (χ0) is 19.1. The van der Waals surface area contributed by atoms with Crippen molar-refractivity contribution in [3.8, 4) is 16.9 Å². The zero-order valence-electron chi connectivity index (χ0n) is 15.5. The third kappa shape index (κ3) is 2.74. The van der Waals surface area contributed by atoms with Crippen LogP contribution in [-0.2, 0) is 6.54 Å². The zero-order valence-corrected chi connectivity index (χ0v) is 15.5. The Kier molecular flexibility index (Phi) is 3.90. The molecule has 0 bridgehead atoms. The van der Waals surface area contributed by atoms with Crippen LogP contribution in [0.3, 0.4) is 0 Å². The van der Waals surface area contributed by atoms with E-state index in [2.05, 4.69) is 24.0 Å². The van der Waals surface area contributed by atoms with Gasteiger partial charge in [0.1, 0.15) is 11.3 Å². The van der Waals surface area contributed by atoms with E-state index in [0.29, 0.717) is 18.9 Å². The maximum atomic E-state index is 12.3. The van der Waals surface area contributed by atoms with E-state index in [-0.39, 0.29) is 5.63 Å². The van der Waals surface area contributed by atoms with Crippen molar-refractivity contribution < 1.29 is 9.15 Å². The number of rotatable bonds is 2. The van der Waals surface area contributed by atoms with Gasteiger partial charge in [0, 0.05) is 17.1 Å². The maximum Gasteiger partial charge on any atom is 0.336 e. The van der Waals surface area contributed by atoms with Gasteiger partial charge < -0.3 is 14.1 Å². The molecule has 4 nitrogen and oxygen atoms in total. The molecule has 1 aliphatic heterocycles. The summed E-state index contributed by atoms with van der Waals surface area (Å²) in [5.74, 6) is 0.769. The van der Waals surface area contributed by atoms with Crippen LogP contribution in [0.15, 0.2) is 82.0 Å². The first kappa shape index (κ1) is 16.6. The molecule has 0 unspecified atom stereocenters. The van der Waals surface area contributed by atoms with Gasteiger partial charge in [0.25, 0.3) is 0 Å². The Bertz CT molecular complexity index is 1230. The lowest BCUT2D eigenvalue weighted by Crippen LogP contribution is -2.32. The van der Waals surface area contributed by atoms with Crippen LogP contribution in [-0.4, -0.2) is 6.73 Å². The van der Waals surface area contributed by atoms with E-state index in [9.17, 15) is 4.79 Å². The Labute approximate surface area is 162 Å². The summed E-state index contributed by atoms with van der Waals surface area (Å²) in [4.78, 5) is 14.5. The van der Waals surface area contributed by atoms with E-state index >= 15 is 0 Å². The molecule has 0 N–H and O–H groups in total. The first-order chi connectivity index (χ1) is 13.7. The Morgan fingerprint density at radius 2 is 1.71 bits per heavy atom. The average Bonchev–Trinajstić information content (AvgIpc) is 2.74. The summed E-state index contributed by atoms with van der Waals surface area (Å²) in [5, 5.41) is 0.916. The molecule has 2 heterocycles. The molecule has 0 spiro atoms. The van der Waals surface area contributed by atoms with Gasteiger partial charge in [0.2, 0.25) is 0 Å². The second kappa shape index (κ2) is 6.57. The van der Waals surface area contributed by atoms with Gasteiger partial charge >= 0.3 is 5.63 Å². The molecule has 0 amide bonds. The number of benzene rings is 3. The highest BCUT2D eigenvalue weighted by Gasteiger charge is 2.23. The van der Waals surface area contributed by atoms with Crippen molar-refractivity contribution in [3.63, 3.8) is 0 Å². The summed E-state index contributed by atoms with van der Waals surface area (Å²) < 4.78 is 11.7. The summed E-state index contributed by atoms with van der Waals surface area (Å²) in [7, 11) is 0. The van der Waals surface area contributed by atoms with Crippen LogP contribution in [0.5, 0.6) is 5.75 Å². The van der Waals surface area contributed by atoms with Gasteiger partial charge in [-0.3, -0.25) is 0 Å². The van der Waals surface area contributed by atoms with Gasteiger partial charge in [-0.2, -0.15) is 0 Å². The summed E-state index contributed by atoms with van der Waals surface area (Å²) in [5.41, 5.74) is 5.32. The second-order valence-corrected chi connectivity index (χ2v) is 7.02. The largest absolute Gasteiger partial charge is 0.473 e. The van der Waals surface area contributed by atoms with Crippen LogP contribution in [0.4, 0.5) is 5.69 Å². The SMILES string of the molecule is Cc1ccccc1N1COc2ccc3c(-c4ccccc4)cc(=O)oc3c2C1. The van der Waals surface area contributed by atoms with Crippen LogP contribution >= 0.6 is 0 Å². The molecule has 0 radical (unpaired) electrons. The Balaban J connectivity index is 1.68. The highest BCUT2D eigenvalue weighted by molar-refractivity contribution is 5.96. The lowest BCUT2D eigenvalue weighted by molar-refractivity contribution is 0.289. The van der Waals surface area contributed by atoms with Crippen molar-refractivity contribution in [2.24, 2.45) is 0 Å². The Hall–Kier alpha value is -3.53. The topological polar surface area (TPSA) is 42.7 Å². The third-order valence-corrected chi connectivity index (χ3v) is 5.24. The summed E-state index contributed by atoms with van der Waals surface area (Å²) in [6.07, 6.45) is 0. The lowest BCUT2D eigenvalue weighted by atomic mass is 9.99. The van der Waals surface area contributed by atoms with Crippen molar-refractivity contribution in [2.75, 3.05) is 11.6 Å². The number of hydrogen-bond acceptors (Lipinski definition) is 4. The predicted octanol–water partition coefficient (Wildman–Crippen LogP) is 5.12. The molecule has 4 aromatic rings. The minimum atomic E-state index is -0.354. The number of para-hydroxylation sites is 1. The fraction of sp³-hybridized carbons (Fsp3) is 0.125. The molecule has 4 heteroatoms. The number of ether oxygens (including phenoxy) is 1. The molecule has 0 atom stereocenters. The Morgan fingerprint density at radius 1 is 0.929 bits per heavy atom. The van der Waals surface area contributed by atoms with Crippen LogP contribution in [0.25, 0.3) is 22.1 Å². The smallest absolute Gasteiger partial charge is 0.336 e. The highest BCUT2D eigenvalue weighted by Crippen LogP contribution is 2.37. The fourth-order valence-electron chi connectivity index (χ4n) is 3.86. The molecule has 0 aliphatic carbocycles. The Morgan fingerprint density at radius 3 is 2.54 bits per heavy atom. The van der Waals surface area contributed by atoms with E-state index in [0.717, 1.165) is 33.5 Å². The quantitative estimate of drug-likeness (QED) is 0.460. The predicted molar refractivity (Wildman–Crippen MR) is 111 cm³/mol. The van der Waals surface area contributed by atoms with Crippen molar-refractivity contribution in [2.45, 2.75) is 13.5 Å². The summed E-state index contributed by atoms with van der Waals surface area (Å²) in [6.45, 7) is 3.17. The van der Waals surface area contributed by atoms with Crippen molar-refractivity contribution >= 4 is 16.7 Å². The van der Waals surface area contributed by atoms with Crippen LogP contribution < -0.4 is 15.3 Å². The molecule has 1 aromatic heterocycles. The molecule has 0 saturated carbocycles. The number of aryl methyl sites for hydroxylation is 1. The molecule has 1 aliphatic rings. The second-order valence-electron chi connectivity index (χ2n) is 7.02. The van der Waals surface area contributed by atoms with Crippen molar-refractivity contribution in [1.29, 1.82) is 0 Å². The fourth-order valence-corrected chi connectivity index (χ4v) is 3.86. The molecule has 0 fully saturated rings. The van der Waals surface area contributed by atoms with Crippen LogP contribution in [0.2, 0.25) is 0 Å². The average molecular weight is 369 g/mol. The van der Waals surface area contributed by atoms with E-state index in [1.807, 2.05) is 54.6 Å². The molecular formula is C24H19NO3. The van der Waals surface area contributed by atoms with Crippen molar-refractivity contribution in [3.05, 3.63) is 94.3 Å². The minimum Gasteiger partial charge on any atom is -0.473 e. The molecule has 3 aromatic carbocycles. The monoisotopic (exact) mass is 369 g/mol. The van der Waals surface area contributed by atoms with E-state index in [1.165, 1.54) is 5.56 Å². The minimum absolute atomic E-state index is 0.354. The molecule has 28 heavy (non-hydrogen) atoms. The van der Waals surface area contributed by atoms with E-state index < -0.39 is 0 Å². The number of fused-ring (bicyclic) bond motifs is 3. The van der Waals surface area contributed by atoms with Gasteiger partial charge in [0.15, 0.2) is 6.73 Å². The number of nitrogens with zero attached hydrogens (tertiary/aromatic N) is 1. The lowest BCUT2D eigenvalue weighted by Gasteiger charge is -2.32. The third-order valence-electron chi connectivity index (χ3n) is 5.24.